The van der Waals surface area contributed by atoms with Crippen molar-refractivity contribution in [2.45, 2.75) is 32.1 Å². The molecular formula is C23H26BrN3O2. The molecule has 1 aliphatic heterocycles. The van der Waals surface area contributed by atoms with Gasteiger partial charge in [0.25, 0.3) is 5.91 Å². The summed E-state index contributed by atoms with van der Waals surface area (Å²) >= 11 is 3.50. The maximum atomic E-state index is 12.7. The predicted octanol–water partition coefficient (Wildman–Crippen LogP) is 4.73. The molecule has 2 N–H and O–H groups in total. The van der Waals surface area contributed by atoms with Crippen molar-refractivity contribution in [3.8, 4) is 0 Å². The smallest absolute Gasteiger partial charge is 0.255 e. The molecule has 1 aliphatic carbocycles. The van der Waals surface area contributed by atoms with Gasteiger partial charge < -0.3 is 15.5 Å². The maximum Gasteiger partial charge on any atom is 0.255 e. The molecule has 4 rings (SSSR count). The fraction of sp³-hybridized carbons (Fsp3) is 0.391. The summed E-state index contributed by atoms with van der Waals surface area (Å²) in [5, 5.41) is 6.33. The third-order valence-corrected chi connectivity index (χ3v) is 6.45. The first kappa shape index (κ1) is 20.1. The highest BCUT2D eigenvalue weighted by Gasteiger charge is 2.26. The number of anilines is 2. The predicted molar refractivity (Wildman–Crippen MR) is 120 cm³/mol. The molecule has 1 amide bonds. The standard InChI is InChI=1S/C23H26BrN3O2/c24-19-9-10-20(22-18(19)8-11-21(22)28)26-23(29)16-4-6-17(7-5-16)25-12-3-15-27-13-1-2-14-27/h4-7,9-10,25H,1-3,8,11-15H2,(H,26,29). The van der Waals surface area contributed by atoms with Crippen LogP contribution in [0.5, 0.6) is 0 Å². The van der Waals surface area contributed by atoms with Gasteiger partial charge in [0.15, 0.2) is 5.78 Å². The van der Waals surface area contributed by atoms with Crippen LogP contribution in [0.4, 0.5) is 11.4 Å². The summed E-state index contributed by atoms with van der Waals surface area (Å²) in [6, 6.07) is 11.2. The molecule has 152 valence electrons. The Kier molecular flexibility index (Phi) is 6.31. The third-order valence-electron chi connectivity index (χ3n) is 5.71. The molecule has 1 fully saturated rings. The first-order valence-electron chi connectivity index (χ1n) is 10.3. The number of hydrogen-bond acceptors (Lipinski definition) is 4. The van der Waals surface area contributed by atoms with Crippen LogP contribution in [0.1, 0.15) is 52.0 Å². The minimum absolute atomic E-state index is 0.0880. The van der Waals surface area contributed by atoms with Gasteiger partial charge in [0, 0.05) is 34.3 Å². The number of carbonyl (C=O) groups is 2. The normalized spacial score (nSPS) is 16.1. The van der Waals surface area contributed by atoms with Gasteiger partial charge in [0.05, 0.1) is 5.69 Å². The first-order chi connectivity index (χ1) is 14.1. The Hall–Kier alpha value is -2.18. The zero-order valence-corrected chi connectivity index (χ0v) is 18.1. The van der Waals surface area contributed by atoms with Crippen LogP contribution in [-0.2, 0) is 6.42 Å². The van der Waals surface area contributed by atoms with E-state index < -0.39 is 0 Å². The quantitative estimate of drug-likeness (QED) is 0.592. The van der Waals surface area contributed by atoms with E-state index in [-0.39, 0.29) is 11.7 Å². The minimum Gasteiger partial charge on any atom is -0.385 e. The topological polar surface area (TPSA) is 61.4 Å². The fourth-order valence-electron chi connectivity index (χ4n) is 4.13. The van der Waals surface area contributed by atoms with E-state index in [4.69, 9.17) is 0 Å². The number of carbonyl (C=O) groups excluding carboxylic acids is 2. The van der Waals surface area contributed by atoms with Crippen LogP contribution >= 0.6 is 15.9 Å². The van der Waals surface area contributed by atoms with E-state index in [0.29, 0.717) is 23.2 Å². The number of nitrogens with zero attached hydrogens (tertiary/aromatic N) is 1. The number of nitrogens with one attached hydrogen (secondary N) is 2. The molecule has 2 aliphatic rings. The van der Waals surface area contributed by atoms with Crippen molar-refractivity contribution < 1.29 is 9.59 Å². The van der Waals surface area contributed by atoms with Gasteiger partial charge in [-0.2, -0.15) is 0 Å². The van der Waals surface area contributed by atoms with E-state index in [0.717, 1.165) is 41.7 Å². The van der Waals surface area contributed by atoms with Gasteiger partial charge in [-0.05, 0) is 87.3 Å². The van der Waals surface area contributed by atoms with Gasteiger partial charge in [-0.1, -0.05) is 15.9 Å². The molecule has 0 saturated carbocycles. The second kappa shape index (κ2) is 9.09. The van der Waals surface area contributed by atoms with Crippen LogP contribution < -0.4 is 10.6 Å². The van der Waals surface area contributed by atoms with Crippen LogP contribution in [0.15, 0.2) is 40.9 Å². The molecular weight excluding hydrogens is 430 g/mol. The van der Waals surface area contributed by atoms with Crippen molar-refractivity contribution in [3.63, 3.8) is 0 Å². The summed E-state index contributed by atoms with van der Waals surface area (Å²) in [4.78, 5) is 27.4. The zero-order valence-electron chi connectivity index (χ0n) is 16.5. The van der Waals surface area contributed by atoms with Crippen molar-refractivity contribution >= 4 is 39.0 Å². The number of amides is 1. The maximum absolute atomic E-state index is 12.7. The Morgan fingerprint density at radius 2 is 1.79 bits per heavy atom. The summed E-state index contributed by atoms with van der Waals surface area (Å²) in [5.41, 5.74) is 3.82. The lowest BCUT2D eigenvalue weighted by Gasteiger charge is -2.15. The van der Waals surface area contributed by atoms with E-state index >= 15 is 0 Å². The number of rotatable bonds is 7. The Labute approximate surface area is 180 Å². The zero-order chi connectivity index (χ0) is 20.2. The number of fused-ring (bicyclic) bond motifs is 1. The van der Waals surface area contributed by atoms with Crippen molar-refractivity contribution in [1.82, 2.24) is 4.90 Å². The van der Waals surface area contributed by atoms with Gasteiger partial charge in [-0.25, -0.2) is 0 Å². The molecule has 0 aromatic heterocycles. The highest BCUT2D eigenvalue weighted by molar-refractivity contribution is 9.10. The molecule has 0 unspecified atom stereocenters. The molecule has 5 nitrogen and oxygen atoms in total. The highest BCUT2D eigenvalue weighted by Crippen LogP contribution is 2.34. The molecule has 2 aromatic carbocycles. The molecule has 0 atom stereocenters. The van der Waals surface area contributed by atoms with Crippen molar-refractivity contribution in [1.29, 1.82) is 0 Å². The van der Waals surface area contributed by atoms with Crippen molar-refractivity contribution in [2.24, 2.45) is 0 Å². The third kappa shape index (κ3) is 4.70. The number of benzene rings is 2. The molecule has 0 bridgehead atoms. The summed E-state index contributed by atoms with van der Waals surface area (Å²) in [6.07, 6.45) is 4.99. The molecule has 6 heteroatoms. The van der Waals surface area contributed by atoms with E-state index in [9.17, 15) is 9.59 Å². The Morgan fingerprint density at radius 3 is 2.55 bits per heavy atom. The van der Waals surface area contributed by atoms with E-state index in [1.807, 2.05) is 30.3 Å². The summed E-state index contributed by atoms with van der Waals surface area (Å²) in [6.45, 7) is 4.53. The lowest BCUT2D eigenvalue weighted by molar-refractivity contribution is 0.0995. The monoisotopic (exact) mass is 455 g/mol. The van der Waals surface area contributed by atoms with Crippen LogP contribution in [0, 0.1) is 0 Å². The molecule has 1 heterocycles. The minimum atomic E-state index is -0.199. The average Bonchev–Trinajstić information content (AvgIpc) is 3.38. The number of likely N-dealkylation sites (tertiary alicyclic amines) is 1. The second-order valence-electron chi connectivity index (χ2n) is 7.73. The van der Waals surface area contributed by atoms with Crippen molar-refractivity contribution in [2.75, 3.05) is 36.8 Å². The Bertz CT molecular complexity index is 905. The van der Waals surface area contributed by atoms with Gasteiger partial charge in [-0.3, -0.25) is 9.59 Å². The molecule has 1 saturated heterocycles. The molecule has 29 heavy (non-hydrogen) atoms. The van der Waals surface area contributed by atoms with Crippen LogP contribution in [-0.4, -0.2) is 42.8 Å². The van der Waals surface area contributed by atoms with Gasteiger partial charge >= 0.3 is 0 Å². The largest absolute Gasteiger partial charge is 0.385 e. The first-order valence-corrected chi connectivity index (χ1v) is 11.1. The number of halogens is 1. The van der Waals surface area contributed by atoms with Gasteiger partial charge in [0.2, 0.25) is 0 Å². The van der Waals surface area contributed by atoms with E-state index in [1.54, 1.807) is 6.07 Å². The molecule has 0 spiro atoms. The van der Waals surface area contributed by atoms with Gasteiger partial charge in [-0.15, -0.1) is 0 Å². The number of Topliss-reactive ketones (excluding diaryl/α,β-unsaturated/α-hetero) is 1. The lowest BCUT2D eigenvalue weighted by Crippen LogP contribution is -2.22. The average molecular weight is 456 g/mol. The Balaban J connectivity index is 1.33. The highest BCUT2D eigenvalue weighted by atomic mass is 79.9. The van der Waals surface area contributed by atoms with E-state index in [1.165, 1.54) is 25.9 Å². The number of ketones is 1. The Morgan fingerprint density at radius 1 is 1.03 bits per heavy atom. The summed E-state index contributed by atoms with van der Waals surface area (Å²) < 4.78 is 0.927. The summed E-state index contributed by atoms with van der Waals surface area (Å²) in [7, 11) is 0. The second-order valence-corrected chi connectivity index (χ2v) is 8.59. The lowest BCUT2D eigenvalue weighted by atomic mass is 10.1. The molecule has 2 aromatic rings. The van der Waals surface area contributed by atoms with Crippen molar-refractivity contribution in [3.05, 3.63) is 57.6 Å². The van der Waals surface area contributed by atoms with Crippen LogP contribution in [0.2, 0.25) is 0 Å². The van der Waals surface area contributed by atoms with Crippen LogP contribution in [0.3, 0.4) is 0 Å². The summed E-state index contributed by atoms with van der Waals surface area (Å²) in [5.74, 6) is -0.111. The molecule has 0 radical (unpaired) electrons. The SMILES string of the molecule is O=C(Nc1ccc(Br)c2c1C(=O)CC2)c1ccc(NCCCN2CCCC2)cc1. The van der Waals surface area contributed by atoms with Gasteiger partial charge in [0.1, 0.15) is 0 Å². The van der Waals surface area contributed by atoms with Crippen LogP contribution in [0.25, 0.3) is 0 Å². The fourth-order valence-corrected chi connectivity index (χ4v) is 4.66. The number of hydrogen-bond donors (Lipinski definition) is 2. The van der Waals surface area contributed by atoms with E-state index in [2.05, 4.69) is 31.5 Å².